The van der Waals surface area contributed by atoms with E-state index in [0.29, 0.717) is 24.5 Å². The van der Waals surface area contributed by atoms with Crippen LogP contribution in [-0.4, -0.2) is 59.5 Å². The van der Waals surface area contributed by atoms with Gasteiger partial charge in [-0.15, -0.1) is 8.78 Å². The zero-order chi connectivity index (χ0) is 26.4. The summed E-state index contributed by atoms with van der Waals surface area (Å²) in [7, 11) is 1.69. The Labute approximate surface area is 212 Å². The van der Waals surface area contributed by atoms with Crippen molar-refractivity contribution in [2.24, 2.45) is 0 Å². The van der Waals surface area contributed by atoms with Gasteiger partial charge in [0.15, 0.2) is 11.5 Å². The molecule has 0 aliphatic carbocycles. The molecule has 196 valence electrons. The molecule has 0 fully saturated rings. The lowest BCUT2D eigenvalue weighted by Crippen LogP contribution is -2.33. The van der Waals surface area contributed by atoms with E-state index in [1.54, 1.807) is 24.2 Å². The largest absolute Gasteiger partial charge is 0.586 e. The van der Waals surface area contributed by atoms with Crippen LogP contribution in [0.2, 0.25) is 0 Å². The molecule has 2 N–H and O–H groups in total. The normalized spacial score (nSPS) is 13.2. The van der Waals surface area contributed by atoms with E-state index in [9.17, 15) is 18.4 Å². The fourth-order valence-corrected chi connectivity index (χ4v) is 3.44. The van der Waals surface area contributed by atoms with Gasteiger partial charge in [-0.25, -0.2) is 0 Å². The summed E-state index contributed by atoms with van der Waals surface area (Å²) in [6.45, 7) is 3.04. The fourth-order valence-electron chi connectivity index (χ4n) is 3.44. The fraction of sp³-hybridized carbons (Fsp3) is 0.320. The van der Waals surface area contributed by atoms with Gasteiger partial charge in [-0.2, -0.15) is 5.10 Å². The molecule has 12 heteroatoms. The van der Waals surface area contributed by atoms with Gasteiger partial charge in [-0.3, -0.25) is 14.3 Å². The number of carbonyl (C=O) groups is 2. The second-order valence-corrected chi connectivity index (χ2v) is 8.46. The van der Waals surface area contributed by atoms with Gasteiger partial charge in [0, 0.05) is 38.0 Å². The first-order valence-corrected chi connectivity index (χ1v) is 11.6. The Hall–Kier alpha value is -4.35. The Bertz CT molecular complexity index is 1250. The van der Waals surface area contributed by atoms with Gasteiger partial charge in [0.2, 0.25) is 11.8 Å². The van der Waals surface area contributed by atoms with Gasteiger partial charge < -0.3 is 29.7 Å². The first kappa shape index (κ1) is 25.7. The number of nitrogens with zero attached hydrogens (tertiary/aromatic N) is 3. The summed E-state index contributed by atoms with van der Waals surface area (Å²) in [5.74, 6) is 0.182. The first-order valence-electron chi connectivity index (χ1n) is 11.6. The Morgan fingerprint density at radius 1 is 1.11 bits per heavy atom. The minimum atomic E-state index is -3.68. The number of likely N-dealkylation sites (N-methyl/N-ethyl adjacent to an activating group) is 1. The quantitative estimate of drug-likeness (QED) is 0.403. The van der Waals surface area contributed by atoms with Crippen molar-refractivity contribution in [1.82, 2.24) is 14.7 Å². The average Bonchev–Trinajstić information content (AvgIpc) is 3.41. The van der Waals surface area contributed by atoms with Crippen LogP contribution >= 0.6 is 0 Å². The molecule has 10 nitrogen and oxygen atoms in total. The molecule has 1 aliphatic heterocycles. The van der Waals surface area contributed by atoms with E-state index in [1.807, 2.05) is 31.2 Å². The Morgan fingerprint density at radius 2 is 1.86 bits per heavy atom. The number of alkyl halides is 2. The highest BCUT2D eigenvalue weighted by Crippen LogP contribution is 2.42. The maximum absolute atomic E-state index is 13.1. The van der Waals surface area contributed by atoms with Crippen LogP contribution in [0.5, 0.6) is 17.2 Å². The van der Waals surface area contributed by atoms with Crippen molar-refractivity contribution in [3.8, 4) is 17.2 Å². The number of aryl methyl sites for hydroxylation is 1. The van der Waals surface area contributed by atoms with Gasteiger partial charge in [0.1, 0.15) is 18.9 Å². The smallest absolute Gasteiger partial charge is 0.492 e. The molecule has 0 saturated heterocycles. The van der Waals surface area contributed by atoms with E-state index in [2.05, 4.69) is 25.2 Å². The number of ether oxygens (including phenoxy) is 3. The molecule has 2 heterocycles. The number of rotatable bonds is 11. The molecule has 2 aromatic carbocycles. The third-order valence-electron chi connectivity index (χ3n) is 5.44. The predicted molar refractivity (Wildman–Crippen MR) is 131 cm³/mol. The van der Waals surface area contributed by atoms with Crippen LogP contribution in [0.25, 0.3) is 0 Å². The average molecular weight is 516 g/mol. The molecule has 0 spiro atoms. The Kier molecular flexibility index (Phi) is 7.75. The Morgan fingerprint density at radius 3 is 2.65 bits per heavy atom. The van der Waals surface area contributed by atoms with Crippen LogP contribution in [0, 0.1) is 6.92 Å². The summed E-state index contributed by atoms with van der Waals surface area (Å²) in [6, 6.07) is 12.0. The summed E-state index contributed by atoms with van der Waals surface area (Å²) < 4.78 is 42.1. The molecule has 2 amide bonds. The molecule has 37 heavy (non-hydrogen) atoms. The summed E-state index contributed by atoms with van der Waals surface area (Å²) in [5.41, 5.74) is 2.10. The molecule has 0 atom stereocenters. The number of nitrogens with one attached hydrogen (secondary N) is 2. The maximum atomic E-state index is 13.1. The maximum Gasteiger partial charge on any atom is 0.586 e. The highest BCUT2D eigenvalue weighted by atomic mass is 19.3. The third kappa shape index (κ3) is 7.32. The second-order valence-electron chi connectivity index (χ2n) is 8.46. The summed E-state index contributed by atoms with van der Waals surface area (Å²) in [6.07, 6.45) is -0.547. The van der Waals surface area contributed by atoms with Gasteiger partial charge in [-0.1, -0.05) is 17.7 Å². The monoisotopic (exact) mass is 515 g/mol. The summed E-state index contributed by atoms with van der Waals surface area (Å²) in [5, 5.41) is 9.80. The topological polar surface area (TPSA) is 107 Å². The summed E-state index contributed by atoms with van der Waals surface area (Å²) in [4.78, 5) is 26.3. The summed E-state index contributed by atoms with van der Waals surface area (Å²) >= 11 is 0. The van der Waals surface area contributed by atoms with E-state index in [1.165, 1.54) is 23.0 Å². The lowest BCUT2D eigenvalue weighted by atomic mass is 10.2. The van der Waals surface area contributed by atoms with Crippen molar-refractivity contribution >= 4 is 23.2 Å². The molecule has 1 aromatic heterocycles. The van der Waals surface area contributed by atoms with Gasteiger partial charge in [0.25, 0.3) is 0 Å². The van der Waals surface area contributed by atoms with Crippen LogP contribution in [0.15, 0.2) is 54.9 Å². The van der Waals surface area contributed by atoms with Crippen LogP contribution < -0.4 is 24.8 Å². The van der Waals surface area contributed by atoms with Crippen molar-refractivity contribution < 1.29 is 32.6 Å². The number of benzene rings is 2. The SMILES string of the molecule is Cc1ccc(OCCN(C)C(=O)Cn2cc(NC(=O)CCNc3ccc4c(c3)OC(F)(F)O4)cn2)cc1. The molecular formula is C25H27F2N5O5. The number of fused-ring (bicyclic) bond motifs is 1. The standard InChI is InChI=1S/C25H27F2N5O5/c1-17-3-6-20(7-4-17)35-12-11-31(2)24(34)16-32-15-19(14-29-32)30-23(33)9-10-28-18-5-8-21-22(13-18)37-25(26,27)36-21/h3-8,13-15,28H,9-12,16H2,1-2H3,(H,30,33). The van der Waals surface area contributed by atoms with E-state index < -0.39 is 6.29 Å². The van der Waals surface area contributed by atoms with Crippen molar-refractivity contribution in [1.29, 1.82) is 0 Å². The zero-order valence-corrected chi connectivity index (χ0v) is 20.4. The van der Waals surface area contributed by atoms with Gasteiger partial charge >= 0.3 is 6.29 Å². The van der Waals surface area contributed by atoms with Gasteiger partial charge in [0.05, 0.1) is 18.4 Å². The zero-order valence-electron chi connectivity index (χ0n) is 20.4. The first-order chi connectivity index (χ1) is 17.7. The molecule has 0 saturated carbocycles. The molecule has 1 aliphatic rings. The molecule has 0 bridgehead atoms. The number of halogens is 2. The predicted octanol–water partition coefficient (Wildman–Crippen LogP) is 3.49. The molecule has 3 aromatic rings. The lowest BCUT2D eigenvalue weighted by molar-refractivity contribution is -0.286. The number of hydrogen-bond acceptors (Lipinski definition) is 7. The second kappa shape index (κ2) is 11.1. The number of carbonyl (C=O) groups excluding carboxylic acids is 2. The van der Waals surface area contributed by atoms with Crippen molar-refractivity contribution in [3.05, 3.63) is 60.4 Å². The van der Waals surface area contributed by atoms with E-state index >= 15 is 0 Å². The molecule has 0 radical (unpaired) electrons. The van der Waals surface area contributed by atoms with E-state index in [0.717, 1.165) is 11.3 Å². The van der Waals surface area contributed by atoms with Gasteiger partial charge in [-0.05, 0) is 31.2 Å². The third-order valence-corrected chi connectivity index (χ3v) is 5.44. The van der Waals surface area contributed by atoms with Crippen LogP contribution in [-0.2, 0) is 16.1 Å². The minimum Gasteiger partial charge on any atom is -0.492 e. The minimum absolute atomic E-state index is 0.0155. The number of anilines is 2. The van der Waals surface area contributed by atoms with Crippen LogP contribution in [0.1, 0.15) is 12.0 Å². The highest BCUT2D eigenvalue weighted by Gasteiger charge is 2.43. The van der Waals surface area contributed by atoms with Crippen molar-refractivity contribution in [2.75, 3.05) is 37.4 Å². The van der Waals surface area contributed by atoms with Crippen molar-refractivity contribution in [2.45, 2.75) is 26.2 Å². The molecular weight excluding hydrogens is 488 g/mol. The highest BCUT2D eigenvalue weighted by molar-refractivity contribution is 5.90. The van der Waals surface area contributed by atoms with Crippen LogP contribution in [0.4, 0.5) is 20.2 Å². The van der Waals surface area contributed by atoms with E-state index in [4.69, 9.17) is 4.74 Å². The number of amides is 2. The molecule has 4 rings (SSSR count). The number of aromatic nitrogens is 2. The Balaban J connectivity index is 1.15. The van der Waals surface area contributed by atoms with Crippen LogP contribution in [0.3, 0.4) is 0 Å². The lowest BCUT2D eigenvalue weighted by Gasteiger charge is -2.17. The van der Waals surface area contributed by atoms with Crippen molar-refractivity contribution in [3.63, 3.8) is 0 Å². The number of hydrogen-bond donors (Lipinski definition) is 2. The van der Waals surface area contributed by atoms with E-state index in [-0.39, 0.29) is 42.8 Å². The molecule has 0 unspecified atom stereocenters.